The average Bonchev–Trinajstić information content (AvgIpc) is 2.39. The van der Waals surface area contributed by atoms with Gasteiger partial charge in [0.2, 0.25) is 35.4 Å². The van der Waals surface area contributed by atoms with Crippen LogP contribution in [0.2, 0.25) is 0 Å². The van der Waals surface area contributed by atoms with E-state index in [2.05, 4.69) is 36.0 Å². The van der Waals surface area contributed by atoms with Crippen LogP contribution in [0, 0.1) is 11.8 Å². The van der Waals surface area contributed by atoms with Crippen molar-refractivity contribution in [3.05, 3.63) is 77.9 Å². The molecule has 7 amide bonds. The van der Waals surface area contributed by atoms with Gasteiger partial charge in [0.15, 0.2) is 11.5 Å². The number of carbonyl (C=O) groups excluding carboxylic acids is 7. The summed E-state index contributed by atoms with van der Waals surface area (Å²) in [5.41, 5.74) is 13.9. The quantitative estimate of drug-likeness (QED) is 0.0278. The Morgan fingerprint density at radius 3 is 2.09 bits per heavy atom. The maximum absolute atomic E-state index is 14.7. The molecule has 7 rings (SSSR count). The number of rotatable bonds is 19. The lowest BCUT2D eigenvalue weighted by molar-refractivity contribution is -0.433. The molecule has 1 aliphatic carbocycles. The number of benzene rings is 3. The molecule has 3 aromatic rings. The van der Waals surface area contributed by atoms with Crippen LogP contribution in [0.25, 0.3) is 11.1 Å². The summed E-state index contributed by atoms with van der Waals surface area (Å²) in [6.45, 7) is 1.27. The number of β-amino-alcohol motifs (C(OH)–C–C–N with tert-alkyl or cyclic N) is 1. The van der Waals surface area contributed by atoms with Gasteiger partial charge >= 0.3 is 0 Å². The number of aliphatic hydroxyl groups is 6. The Labute approximate surface area is 500 Å². The molecule has 1 saturated carbocycles. The minimum atomic E-state index is -2.10. The monoisotopic (exact) mass is 1230 g/mol. The number of fused-ring (bicyclic) bond motifs is 2. The van der Waals surface area contributed by atoms with Gasteiger partial charge in [0.1, 0.15) is 48.6 Å². The lowest BCUT2D eigenvalue weighted by atomic mass is 9.85. The van der Waals surface area contributed by atoms with Gasteiger partial charge in [0.05, 0.1) is 36.6 Å². The van der Waals surface area contributed by atoms with Crippen LogP contribution in [0.5, 0.6) is 17.2 Å². The summed E-state index contributed by atoms with van der Waals surface area (Å²) < 4.78 is 15.3. The second-order valence-electron chi connectivity index (χ2n) is 22.6. The highest BCUT2D eigenvalue weighted by atomic mass is 32.2. The molecule has 0 spiro atoms. The summed E-state index contributed by atoms with van der Waals surface area (Å²) in [6.07, 6.45) is -5.14. The first-order valence-corrected chi connectivity index (χ1v) is 29.3. The van der Waals surface area contributed by atoms with E-state index < -0.39 is 158 Å². The first-order valence-electron chi connectivity index (χ1n) is 28.7. The number of nitrogens with one attached hydrogen (secondary N) is 5. The van der Waals surface area contributed by atoms with E-state index in [0.717, 1.165) is 40.3 Å². The van der Waals surface area contributed by atoms with E-state index in [1.807, 2.05) is 24.3 Å². The van der Waals surface area contributed by atoms with Crippen molar-refractivity contribution in [1.82, 2.24) is 36.4 Å². The smallest absolute Gasteiger partial charge is 0.261 e. The topological polar surface area (TPSA) is 437 Å². The van der Waals surface area contributed by atoms with Crippen LogP contribution >= 0.6 is 12.3 Å². The number of phenols is 1. The highest BCUT2D eigenvalue weighted by Gasteiger charge is 2.50. The van der Waals surface area contributed by atoms with Gasteiger partial charge in [0.25, 0.3) is 18.2 Å². The van der Waals surface area contributed by atoms with Gasteiger partial charge < -0.3 is 92.5 Å². The van der Waals surface area contributed by atoms with E-state index in [-0.39, 0.29) is 54.8 Å². The minimum Gasteiger partial charge on any atom is -0.504 e. The zero-order chi connectivity index (χ0) is 62.4. The number of amides is 7. The maximum atomic E-state index is 14.7. The van der Waals surface area contributed by atoms with Gasteiger partial charge in [0, 0.05) is 56.4 Å². The van der Waals surface area contributed by atoms with E-state index >= 15 is 0 Å². The van der Waals surface area contributed by atoms with Gasteiger partial charge in [-0.25, -0.2) is 5.26 Å². The summed E-state index contributed by atoms with van der Waals surface area (Å²) >= 11 is 0.0829. The lowest BCUT2D eigenvalue weighted by Gasteiger charge is -2.34. The molecule has 86 heavy (non-hydrogen) atoms. The third-order valence-electron chi connectivity index (χ3n) is 16.0. The van der Waals surface area contributed by atoms with Crippen molar-refractivity contribution in [3.63, 3.8) is 0 Å². The molecule has 3 aromatic carbocycles. The fourth-order valence-corrected chi connectivity index (χ4v) is 11.6. The summed E-state index contributed by atoms with van der Waals surface area (Å²) in [5.74, 6) is -7.98. The summed E-state index contributed by atoms with van der Waals surface area (Å²) in [5, 5.41) is 103. The Bertz CT molecular complexity index is 2800. The van der Waals surface area contributed by atoms with Crippen LogP contribution in [0.4, 0.5) is 0 Å². The van der Waals surface area contributed by atoms with Gasteiger partial charge in [-0.3, -0.25) is 33.6 Å². The number of nitrogens with zero attached hydrogens (tertiary/aromatic N) is 2. The maximum Gasteiger partial charge on any atom is 0.261 e. The van der Waals surface area contributed by atoms with Gasteiger partial charge in [-0.05, 0) is 85.3 Å². The van der Waals surface area contributed by atoms with Crippen molar-refractivity contribution in [1.29, 1.82) is 0 Å². The number of aromatic hydroxyl groups is 1. The molecule has 14 atom stereocenters. The van der Waals surface area contributed by atoms with E-state index in [1.165, 1.54) is 63.3 Å². The number of ether oxygens (including phenoxy) is 1. The molecule has 472 valence electrons. The molecule has 17 N–H and O–H groups in total. The van der Waals surface area contributed by atoms with Crippen LogP contribution in [-0.4, -0.2) is 204 Å². The number of aliphatic hydroxyl groups excluding tert-OH is 6. The Morgan fingerprint density at radius 2 is 1.43 bits per heavy atom. The number of hydrogen-bond donors (Lipinski definition) is 15. The van der Waals surface area contributed by atoms with Crippen LogP contribution in [0.1, 0.15) is 87.6 Å². The molecule has 3 heterocycles. The molecular formula is C57H79N9O19S. The molecule has 0 bridgehead atoms. The van der Waals surface area contributed by atoms with Crippen molar-refractivity contribution in [2.24, 2.45) is 23.3 Å². The fraction of sp³-hybridized carbons (Fsp3) is 0.561. The largest absolute Gasteiger partial charge is 0.504 e. The fourth-order valence-electron chi connectivity index (χ4n) is 11.4. The van der Waals surface area contributed by atoms with Gasteiger partial charge in [-0.2, -0.15) is 0 Å². The zero-order valence-electron chi connectivity index (χ0n) is 47.6. The molecule has 4 fully saturated rings. The highest BCUT2D eigenvalue weighted by Crippen LogP contribution is 2.32. The Kier molecular flexibility index (Phi) is 24.3. The Balaban J connectivity index is 1.16. The van der Waals surface area contributed by atoms with Crippen LogP contribution < -0.4 is 47.0 Å². The molecular weight excluding hydrogens is 1150 g/mol. The van der Waals surface area contributed by atoms with Gasteiger partial charge in [-0.1, -0.05) is 78.7 Å². The van der Waals surface area contributed by atoms with Gasteiger partial charge in [-0.15, -0.1) is 0 Å². The highest BCUT2D eigenvalue weighted by molar-refractivity contribution is 7.90. The number of nitrogens with two attached hydrogens (primary N) is 2. The van der Waals surface area contributed by atoms with Crippen molar-refractivity contribution >= 4 is 53.7 Å². The third kappa shape index (κ3) is 17.5. The second-order valence-corrected chi connectivity index (χ2v) is 23.0. The van der Waals surface area contributed by atoms with Crippen molar-refractivity contribution in [2.45, 2.75) is 157 Å². The first kappa shape index (κ1) is 66.8. The molecule has 3 aliphatic heterocycles. The normalized spacial score (nSPS) is 27.2. The van der Waals surface area contributed by atoms with Crippen LogP contribution in [-0.2, 0) is 44.6 Å². The number of phenolic OH excluding ortho intramolecular Hbond substituents is 1. The summed E-state index contributed by atoms with van der Waals surface area (Å²) in [4.78, 5) is 103. The molecule has 29 heteroatoms. The molecule has 0 aromatic heterocycles. The van der Waals surface area contributed by atoms with Crippen LogP contribution in [0.3, 0.4) is 0 Å². The summed E-state index contributed by atoms with van der Waals surface area (Å²) in [6, 6.07) is 6.08. The molecule has 0 radical (unpaired) electrons. The van der Waals surface area contributed by atoms with E-state index in [9.17, 15) is 69.3 Å². The Morgan fingerprint density at radius 1 is 0.779 bits per heavy atom. The average molecular weight is 1230 g/mol. The van der Waals surface area contributed by atoms with Crippen molar-refractivity contribution < 1.29 is 92.9 Å². The molecule has 28 nitrogen and oxygen atoms in total. The number of carbonyl (C=O) groups is 7. The first-order chi connectivity index (χ1) is 41.1. The number of hydrogen-bond acceptors (Lipinski definition) is 22. The molecule has 4 aliphatic rings. The Hall–Kier alpha value is -6.74. The van der Waals surface area contributed by atoms with E-state index in [4.69, 9.17) is 25.6 Å². The SMILES string of the molecule is C[C@H](O)[C@@H]1NC(=O)[C@@H](NC(=O)c2ccc(-c3ccc(OCC(N)CC4CCCCC4)cc3)cc2)C[C@H](O)CNC(=O)[C@@H]2[C@@H](O)[C@H](C)CN2C(=O)[C@H]([C@H](O)CCN)NC(=O)[C@H]([C@H](O)Cc2ccc(O)c(OSOOO)c2)NC(=O)[C@@H]2C[C@H](O)CN2C1=O. The van der Waals surface area contributed by atoms with Crippen molar-refractivity contribution in [3.8, 4) is 28.4 Å². The van der Waals surface area contributed by atoms with E-state index in [1.54, 1.807) is 12.1 Å². The van der Waals surface area contributed by atoms with Crippen LogP contribution in [0.15, 0.2) is 66.7 Å². The molecule has 3 saturated heterocycles. The van der Waals surface area contributed by atoms with E-state index in [0.29, 0.717) is 18.3 Å². The predicted molar refractivity (Wildman–Crippen MR) is 306 cm³/mol. The second kappa shape index (κ2) is 31.3. The minimum absolute atomic E-state index is 0.0582. The lowest BCUT2D eigenvalue weighted by Crippen LogP contribution is -2.64. The zero-order valence-corrected chi connectivity index (χ0v) is 48.5. The third-order valence-corrected chi connectivity index (χ3v) is 16.4. The van der Waals surface area contributed by atoms with Crippen molar-refractivity contribution in [2.75, 3.05) is 32.8 Å². The summed E-state index contributed by atoms with van der Waals surface area (Å²) in [7, 11) is 0. The predicted octanol–water partition coefficient (Wildman–Crippen LogP) is -1.60. The standard InChI is InChI=1S/C57H79N9O19S/c1-29-26-66-49(50(29)73)55(78)60-25-37(68)23-40(61-51(74)35-11-9-33(10-12-35)34-13-15-39(16-14-34)82-28-36(59)20-31-6-4-3-5-7-31)52(75)62-46(30(2)67)56(79)65-27-38(69)24-41(65)53(76)63-47(54(77)64-48(57(66)80)43(71)18-19-58)44(72)21-32-8-17-42(70)45(22-32)83-86-85-84-81/h8-17,22,29-31,36-38,40-41,43-44,46-50,67-73,81H,3-7,18-21,23-28,58-59H2,1-2H3,(H,60,78)(H,61,74)(H,62,75)(H,63,76)(H,64,77)/t29-,30+,36?,37+,38+,40+,41+,43-,44-,46+,47+,48+,49+,50+/m1/s1. The molecule has 1 unspecified atom stereocenters.